The fraction of sp³-hybridized carbons (Fsp3) is 0.261. The summed E-state index contributed by atoms with van der Waals surface area (Å²) >= 11 is 0. The van der Waals surface area contributed by atoms with E-state index in [1.807, 2.05) is 55.5 Å². The standard InChI is InChI=1S/C23H24N4O3/c1-4-14(2)13-30-23(28)19-20-22(26-18-11-6-5-10-17(18)25-20)27(21(19)24)15-8-7-9-16(12-15)29-3/h5-12,14H,4,13,24H2,1-3H3/t14-/m0/s1. The van der Waals surface area contributed by atoms with E-state index in [0.717, 1.165) is 12.1 Å². The highest BCUT2D eigenvalue weighted by Gasteiger charge is 2.26. The molecule has 0 amide bonds. The normalized spacial score (nSPS) is 12.2. The second-order valence-corrected chi connectivity index (χ2v) is 7.29. The van der Waals surface area contributed by atoms with Gasteiger partial charge in [-0.2, -0.15) is 0 Å². The molecule has 0 aliphatic heterocycles. The van der Waals surface area contributed by atoms with E-state index in [0.29, 0.717) is 34.6 Å². The molecule has 30 heavy (non-hydrogen) atoms. The monoisotopic (exact) mass is 404 g/mol. The van der Waals surface area contributed by atoms with Gasteiger partial charge in [-0.1, -0.05) is 38.5 Å². The Labute approximate surface area is 174 Å². The molecule has 0 aliphatic carbocycles. The van der Waals surface area contributed by atoms with Crippen molar-refractivity contribution < 1.29 is 14.3 Å². The Hall–Kier alpha value is -3.61. The van der Waals surface area contributed by atoms with Crippen molar-refractivity contribution >= 4 is 34.0 Å². The van der Waals surface area contributed by atoms with Gasteiger partial charge in [-0.3, -0.25) is 4.57 Å². The molecule has 0 saturated heterocycles. The summed E-state index contributed by atoms with van der Waals surface area (Å²) < 4.78 is 12.6. The molecule has 1 atom stereocenters. The maximum absolute atomic E-state index is 13.0. The molecule has 7 nitrogen and oxygen atoms in total. The highest BCUT2D eigenvalue weighted by Crippen LogP contribution is 2.32. The number of methoxy groups -OCH3 is 1. The quantitative estimate of drug-likeness (QED) is 0.480. The minimum Gasteiger partial charge on any atom is -0.497 e. The van der Waals surface area contributed by atoms with Gasteiger partial charge in [0, 0.05) is 6.07 Å². The predicted molar refractivity (Wildman–Crippen MR) is 117 cm³/mol. The molecule has 0 saturated carbocycles. The molecular weight excluding hydrogens is 380 g/mol. The SMILES string of the molecule is CC[C@H](C)COC(=O)c1c(N)n(-c2cccc(OC)c2)c2nc3ccccc3nc12. The molecule has 2 heterocycles. The van der Waals surface area contributed by atoms with E-state index >= 15 is 0 Å². The topological polar surface area (TPSA) is 92.3 Å². The van der Waals surface area contributed by atoms with E-state index in [2.05, 4.69) is 6.92 Å². The number of anilines is 1. The number of para-hydroxylation sites is 2. The van der Waals surface area contributed by atoms with Crippen molar-refractivity contribution in [1.29, 1.82) is 0 Å². The van der Waals surface area contributed by atoms with Gasteiger partial charge in [-0.05, 0) is 30.2 Å². The molecule has 0 unspecified atom stereocenters. The van der Waals surface area contributed by atoms with Crippen LogP contribution in [0.25, 0.3) is 27.9 Å². The lowest BCUT2D eigenvalue weighted by Crippen LogP contribution is -2.13. The summed E-state index contributed by atoms with van der Waals surface area (Å²) in [5.74, 6) is 0.670. The van der Waals surface area contributed by atoms with E-state index in [1.165, 1.54) is 0 Å². The molecule has 2 N–H and O–H groups in total. The van der Waals surface area contributed by atoms with E-state index in [1.54, 1.807) is 11.7 Å². The highest BCUT2D eigenvalue weighted by atomic mass is 16.5. The first-order chi connectivity index (χ1) is 14.5. The number of nitrogens with zero attached hydrogens (tertiary/aromatic N) is 3. The first-order valence-electron chi connectivity index (χ1n) is 9.91. The van der Waals surface area contributed by atoms with Crippen LogP contribution >= 0.6 is 0 Å². The van der Waals surface area contributed by atoms with Crippen LogP contribution in [0.15, 0.2) is 48.5 Å². The van der Waals surface area contributed by atoms with E-state index < -0.39 is 5.97 Å². The molecule has 0 spiro atoms. The number of hydrogen-bond acceptors (Lipinski definition) is 6. The summed E-state index contributed by atoms with van der Waals surface area (Å²) in [6.45, 7) is 4.41. The maximum atomic E-state index is 13.0. The summed E-state index contributed by atoms with van der Waals surface area (Å²) in [6, 6.07) is 14.9. The lowest BCUT2D eigenvalue weighted by atomic mass is 10.1. The van der Waals surface area contributed by atoms with Crippen LogP contribution in [-0.2, 0) is 4.74 Å². The number of hydrogen-bond donors (Lipinski definition) is 1. The molecule has 4 rings (SSSR count). The molecule has 0 bridgehead atoms. The van der Waals surface area contributed by atoms with E-state index in [4.69, 9.17) is 25.2 Å². The number of benzene rings is 2. The molecule has 2 aromatic heterocycles. The number of carbonyl (C=O) groups is 1. The molecule has 7 heteroatoms. The lowest BCUT2D eigenvalue weighted by molar-refractivity contribution is 0.0450. The third-order valence-electron chi connectivity index (χ3n) is 5.21. The van der Waals surface area contributed by atoms with Gasteiger partial charge < -0.3 is 15.2 Å². The Morgan fingerprint density at radius 3 is 2.57 bits per heavy atom. The number of ether oxygens (including phenoxy) is 2. The number of nitrogen functional groups attached to an aromatic ring is 1. The average Bonchev–Trinajstić information content (AvgIpc) is 3.06. The Kier molecular flexibility index (Phi) is 5.27. The van der Waals surface area contributed by atoms with Crippen LogP contribution in [-0.4, -0.2) is 34.2 Å². The smallest absolute Gasteiger partial charge is 0.344 e. The Morgan fingerprint density at radius 2 is 1.87 bits per heavy atom. The van der Waals surface area contributed by atoms with Gasteiger partial charge in [0.15, 0.2) is 5.65 Å². The van der Waals surface area contributed by atoms with Crippen LogP contribution in [0.1, 0.15) is 30.6 Å². The van der Waals surface area contributed by atoms with Crippen LogP contribution in [0.5, 0.6) is 5.75 Å². The third-order valence-corrected chi connectivity index (χ3v) is 5.21. The van der Waals surface area contributed by atoms with E-state index in [-0.39, 0.29) is 17.3 Å². The number of carbonyl (C=O) groups excluding carboxylic acids is 1. The Balaban J connectivity index is 1.95. The lowest BCUT2D eigenvalue weighted by Gasteiger charge is -2.10. The van der Waals surface area contributed by atoms with Crippen molar-refractivity contribution in [3.8, 4) is 11.4 Å². The summed E-state index contributed by atoms with van der Waals surface area (Å²) in [4.78, 5) is 22.5. The molecule has 0 fully saturated rings. The summed E-state index contributed by atoms with van der Waals surface area (Å²) in [7, 11) is 1.60. The van der Waals surface area contributed by atoms with Crippen LogP contribution in [0.2, 0.25) is 0 Å². The van der Waals surface area contributed by atoms with Crippen molar-refractivity contribution in [2.45, 2.75) is 20.3 Å². The van der Waals surface area contributed by atoms with Crippen LogP contribution < -0.4 is 10.5 Å². The van der Waals surface area contributed by atoms with Crippen molar-refractivity contribution in [2.75, 3.05) is 19.5 Å². The second kappa shape index (κ2) is 8.02. The van der Waals surface area contributed by atoms with Gasteiger partial charge in [0.25, 0.3) is 0 Å². The zero-order valence-electron chi connectivity index (χ0n) is 17.3. The number of aromatic nitrogens is 3. The molecule has 2 aromatic carbocycles. The Morgan fingerprint density at radius 1 is 1.13 bits per heavy atom. The van der Waals surface area contributed by atoms with Gasteiger partial charge in [0.05, 0.1) is 30.4 Å². The zero-order valence-corrected chi connectivity index (χ0v) is 17.3. The van der Waals surface area contributed by atoms with Gasteiger partial charge in [0.1, 0.15) is 22.6 Å². The summed E-state index contributed by atoms with van der Waals surface area (Å²) in [5.41, 5.74) is 9.75. The van der Waals surface area contributed by atoms with Gasteiger partial charge in [-0.25, -0.2) is 14.8 Å². The maximum Gasteiger partial charge on any atom is 0.344 e. The van der Waals surface area contributed by atoms with Gasteiger partial charge >= 0.3 is 5.97 Å². The molecule has 154 valence electrons. The van der Waals surface area contributed by atoms with Crippen LogP contribution in [0.3, 0.4) is 0 Å². The number of rotatable bonds is 6. The van der Waals surface area contributed by atoms with Gasteiger partial charge in [-0.15, -0.1) is 0 Å². The highest BCUT2D eigenvalue weighted by molar-refractivity contribution is 6.09. The van der Waals surface area contributed by atoms with Crippen molar-refractivity contribution in [2.24, 2.45) is 5.92 Å². The van der Waals surface area contributed by atoms with Crippen molar-refractivity contribution in [3.05, 3.63) is 54.1 Å². The third kappa shape index (κ3) is 3.43. The average molecular weight is 404 g/mol. The second-order valence-electron chi connectivity index (χ2n) is 7.29. The first kappa shape index (κ1) is 19.7. The first-order valence-corrected chi connectivity index (χ1v) is 9.91. The largest absolute Gasteiger partial charge is 0.497 e. The van der Waals surface area contributed by atoms with E-state index in [9.17, 15) is 4.79 Å². The summed E-state index contributed by atoms with van der Waals surface area (Å²) in [6.07, 6.45) is 0.915. The molecule has 0 aliphatic rings. The van der Waals surface area contributed by atoms with Crippen LogP contribution in [0, 0.1) is 5.92 Å². The Bertz CT molecular complexity index is 1230. The minimum absolute atomic E-state index is 0.231. The number of fused-ring (bicyclic) bond motifs is 2. The molecule has 0 radical (unpaired) electrons. The number of esters is 1. The minimum atomic E-state index is -0.496. The zero-order chi connectivity index (χ0) is 21.3. The fourth-order valence-corrected chi connectivity index (χ4v) is 3.28. The van der Waals surface area contributed by atoms with Crippen LogP contribution in [0.4, 0.5) is 5.82 Å². The molecule has 4 aromatic rings. The van der Waals surface area contributed by atoms with Gasteiger partial charge in [0.2, 0.25) is 0 Å². The number of nitrogens with two attached hydrogens (primary N) is 1. The predicted octanol–water partition coefficient (Wildman–Crippen LogP) is 4.37. The fourth-order valence-electron chi connectivity index (χ4n) is 3.28. The van der Waals surface area contributed by atoms with Crippen molar-refractivity contribution in [1.82, 2.24) is 14.5 Å². The summed E-state index contributed by atoms with van der Waals surface area (Å²) in [5, 5.41) is 0. The molecular formula is C23H24N4O3. The van der Waals surface area contributed by atoms with Crippen molar-refractivity contribution in [3.63, 3.8) is 0 Å².